The van der Waals surface area contributed by atoms with E-state index in [1.54, 1.807) is 11.8 Å². The Morgan fingerprint density at radius 3 is 2.48 bits per heavy atom. The van der Waals surface area contributed by atoms with Crippen LogP contribution in [0.25, 0.3) is 0 Å². The zero-order valence-electron chi connectivity index (χ0n) is 13.1. The van der Waals surface area contributed by atoms with Crippen molar-refractivity contribution in [2.24, 2.45) is 0 Å². The van der Waals surface area contributed by atoms with Gasteiger partial charge >= 0.3 is 12.2 Å². The van der Waals surface area contributed by atoms with Crippen LogP contribution < -0.4 is 5.32 Å². The number of nitrogens with zero attached hydrogens (tertiary/aromatic N) is 2. The van der Waals surface area contributed by atoms with Crippen LogP contribution in [-0.2, 0) is 4.74 Å². The molecule has 0 aliphatic carbocycles. The van der Waals surface area contributed by atoms with Crippen LogP contribution in [-0.4, -0.2) is 54.0 Å². The van der Waals surface area contributed by atoms with E-state index >= 15 is 0 Å². The SMILES string of the molecule is CC(COCC(F)(F)F)NC(=O)N1CCC(n2cccc2)CC1. The third-order valence-corrected chi connectivity index (χ3v) is 3.80. The minimum atomic E-state index is -4.34. The molecular formula is C15H22F3N3O2. The van der Waals surface area contributed by atoms with E-state index in [4.69, 9.17) is 0 Å². The van der Waals surface area contributed by atoms with Gasteiger partial charge < -0.3 is 19.5 Å². The highest BCUT2D eigenvalue weighted by atomic mass is 19.4. The van der Waals surface area contributed by atoms with Gasteiger partial charge in [0.2, 0.25) is 0 Å². The van der Waals surface area contributed by atoms with E-state index in [0.29, 0.717) is 19.1 Å². The van der Waals surface area contributed by atoms with Gasteiger partial charge in [0.1, 0.15) is 6.61 Å². The summed E-state index contributed by atoms with van der Waals surface area (Å²) in [6.45, 7) is 1.43. The number of carbonyl (C=O) groups is 1. The van der Waals surface area contributed by atoms with E-state index in [0.717, 1.165) is 12.8 Å². The molecule has 0 spiro atoms. The van der Waals surface area contributed by atoms with Gasteiger partial charge in [0.05, 0.1) is 12.6 Å². The first kappa shape index (κ1) is 17.7. The van der Waals surface area contributed by atoms with Crippen LogP contribution in [0.1, 0.15) is 25.8 Å². The predicted molar refractivity (Wildman–Crippen MR) is 79.1 cm³/mol. The molecule has 1 aromatic heterocycles. The van der Waals surface area contributed by atoms with Crippen molar-refractivity contribution in [2.45, 2.75) is 38.0 Å². The second-order valence-electron chi connectivity index (χ2n) is 5.83. The number of amides is 2. The summed E-state index contributed by atoms with van der Waals surface area (Å²) in [7, 11) is 0. The Morgan fingerprint density at radius 2 is 1.91 bits per heavy atom. The molecule has 1 unspecified atom stereocenters. The highest BCUT2D eigenvalue weighted by Crippen LogP contribution is 2.22. The Labute approximate surface area is 133 Å². The van der Waals surface area contributed by atoms with E-state index < -0.39 is 18.8 Å². The molecular weight excluding hydrogens is 311 g/mol. The van der Waals surface area contributed by atoms with Gasteiger partial charge in [-0.2, -0.15) is 13.2 Å². The molecule has 1 saturated heterocycles. The van der Waals surface area contributed by atoms with Gasteiger partial charge in [-0.15, -0.1) is 0 Å². The number of urea groups is 1. The second-order valence-corrected chi connectivity index (χ2v) is 5.83. The van der Waals surface area contributed by atoms with Gasteiger partial charge in [-0.05, 0) is 31.9 Å². The number of carbonyl (C=O) groups excluding carboxylic acids is 1. The summed E-state index contributed by atoms with van der Waals surface area (Å²) in [5, 5.41) is 2.67. The van der Waals surface area contributed by atoms with Crippen LogP contribution >= 0.6 is 0 Å². The number of hydrogen-bond donors (Lipinski definition) is 1. The number of nitrogens with one attached hydrogen (secondary N) is 1. The molecule has 1 aromatic rings. The molecule has 0 bridgehead atoms. The summed E-state index contributed by atoms with van der Waals surface area (Å²) >= 11 is 0. The minimum absolute atomic E-state index is 0.162. The first-order valence-electron chi connectivity index (χ1n) is 7.67. The number of aromatic nitrogens is 1. The molecule has 23 heavy (non-hydrogen) atoms. The quantitative estimate of drug-likeness (QED) is 0.901. The first-order chi connectivity index (χ1) is 10.8. The Hall–Kier alpha value is -1.70. The fourth-order valence-corrected chi connectivity index (χ4v) is 2.65. The second kappa shape index (κ2) is 7.72. The lowest BCUT2D eigenvalue weighted by atomic mass is 10.1. The molecule has 0 aromatic carbocycles. The number of ether oxygens (including phenoxy) is 1. The molecule has 1 atom stereocenters. The average molecular weight is 333 g/mol. The number of halogens is 3. The van der Waals surface area contributed by atoms with Gasteiger partial charge in [-0.3, -0.25) is 0 Å². The molecule has 1 N–H and O–H groups in total. The van der Waals surface area contributed by atoms with Crippen LogP contribution in [0.15, 0.2) is 24.5 Å². The monoisotopic (exact) mass is 333 g/mol. The largest absolute Gasteiger partial charge is 0.411 e. The standard InChI is InChI=1S/C15H22F3N3O2/c1-12(10-23-11-15(16,17)18)19-14(22)21-8-4-13(5-9-21)20-6-2-3-7-20/h2-3,6-7,12-13H,4-5,8-11H2,1H3,(H,19,22). The molecule has 130 valence electrons. The normalized spacial score (nSPS) is 18.0. The van der Waals surface area contributed by atoms with E-state index in [1.165, 1.54) is 0 Å². The predicted octanol–water partition coefficient (Wildman–Crippen LogP) is 2.80. The third kappa shape index (κ3) is 5.78. The number of likely N-dealkylation sites (tertiary alicyclic amines) is 1. The summed E-state index contributed by atoms with van der Waals surface area (Å²) < 4.78 is 42.7. The highest BCUT2D eigenvalue weighted by molar-refractivity contribution is 5.74. The van der Waals surface area contributed by atoms with E-state index in [1.807, 2.05) is 24.5 Å². The molecule has 0 saturated carbocycles. The molecule has 8 heteroatoms. The van der Waals surface area contributed by atoms with Crippen molar-refractivity contribution >= 4 is 6.03 Å². The maximum absolute atomic E-state index is 12.1. The summed E-state index contributed by atoms with van der Waals surface area (Å²) in [5.41, 5.74) is 0. The molecule has 2 amide bonds. The Morgan fingerprint density at radius 1 is 1.30 bits per heavy atom. The van der Waals surface area contributed by atoms with Crippen LogP contribution in [0.2, 0.25) is 0 Å². The molecule has 2 rings (SSSR count). The van der Waals surface area contributed by atoms with Crippen LogP contribution in [0, 0.1) is 0 Å². The fraction of sp³-hybridized carbons (Fsp3) is 0.667. The Bertz CT molecular complexity index is 483. The summed E-state index contributed by atoms with van der Waals surface area (Å²) in [6.07, 6.45) is 1.41. The van der Waals surface area contributed by atoms with Crippen molar-refractivity contribution in [2.75, 3.05) is 26.3 Å². The van der Waals surface area contributed by atoms with E-state index in [9.17, 15) is 18.0 Å². The maximum Gasteiger partial charge on any atom is 0.411 e. The lowest BCUT2D eigenvalue weighted by Gasteiger charge is -2.33. The zero-order valence-corrected chi connectivity index (χ0v) is 13.1. The number of piperidine rings is 1. The van der Waals surface area contributed by atoms with Crippen LogP contribution in [0.4, 0.5) is 18.0 Å². The van der Waals surface area contributed by atoms with Gasteiger partial charge in [0.15, 0.2) is 0 Å². The van der Waals surface area contributed by atoms with Gasteiger partial charge in [0.25, 0.3) is 0 Å². The van der Waals surface area contributed by atoms with Crippen LogP contribution in [0.3, 0.4) is 0 Å². The summed E-state index contributed by atoms with van der Waals surface area (Å²) in [5.74, 6) is 0. The lowest BCUT2D eigenvalue weighted by molar-refractivity contribution is -0.174. The van der Waals surface area contributed by atoms with Crippen LogP contribution in [0.5, 0.6) is 0 Å². The van der Waals surface area contributed by atoms with Crippen molar-refractivity contribution in [3.05, 3.63) is 24.5 Å². The van der Waals surface area contributed by atoms with E-state index in [2.05, 4.69) is 14.6 Å². The lowest BCUT2D eigenvalue weighted by Crippen LogP contribution is -2.48. The topological polar surface area (TPSA) is 46.5 Å². The Balaban J connectivity index is 1.68. The highest BCUT2D eigenvalue weighted by Gasteiger charge is 2.28. The van der Waals surface area contributed by atoms with Crippen molar-refractivity contribution in [1.29, 1.82) is 0 Å². The van der Waals surface area contributed by atoms with Crippen molar-refractivity contribution in [3.63, 3.8) is 0 Å². The maximum atomic E-state index is 12.1. The number of alkyl halides is 3. The number of rotatable bonds is 5. The first-order valence-corrected chi connectivity index (χ1v) is 7.67. The molecule has 0 radical (unpaired) electrons. The Kier molecular flexibility index (Phi) is 5.92. The van der Waals surface area contributed by atoms with Gasteiger partial charge in [-0.1, -0.05) is 0 Å². The average Bonchev–Trinajstić information content (AvgIpc) is 3.00. The smallest absolute Gasteiger partial charge is 0.370 e. The summed E-state index contributed by atoms with van der Waals surface area (Å²) in [6, 6.07) is 3.62. The van der Waals surface area contributed by atoms with Crippen molar-refractivity contribution in [3.8, 4) is 0 Å². The third-order valence-electron chi connectivity index (χ3n) is 3.80. The fourth-order valence-electron chi connectivity index (χ4n) is 2.65. The van der Waals surface area contributed by atoms with Crippen molar-refractivity contribution < 1.29 is 22.7 Å². The number of hydrogen-bond acceptors (Lipinski definition) is 2. The summed E-state index contributed by atoms with van der Waals surface area (Å²) in [4.78, 5) is 13.8. The van der Waals surface area contributed by atoms with Gasteiger partial charge in [-0.25, -0.2) is 4.79 Å². The molecule has 1 fully saturated rings. The van der Waals surface area contributed by atoms with Gasteiger partial charge in [0, 0.05) is 31.5 Å². The molecule has 1 aliphatic rings. The zero-order chi connectivity index (χ0) is 16.9. The molecule has 2 heterocycles. The minimum Gasteiger partial charge on any atom is -0.370 e. The van der Waals surface area contributed by atoms with E-state index in [-0.39, 0.29) is 12.6 Å². The molecule has 1 aliphatic heterocycles. The molecule has 5 nitrogen and oxygen atoms in total. The van der Waals surface area contributed by atoms with Crippen molar-refractivity contribution in [1.82, 2.24) is 14.8 Å².